The molecule has 2 heterocycles. The van der Waals surface area contributed by atoms with E-state index >= 15 is 0 Å². The molecule has 1 aromatic heterocycles. The Kier molecular flexibility index (Phi) is 3.84. The first-order valence-corrected chi connectivity index (χ1v) is 6.31. The van der Waals surface area contributed by atoms with Crippen LogP contribution in [0.2, 0.25) is 0 Å². The monoisotopic (exact) mass is 265 g/mol. The Labute approximate surface area is 112 Å². The number of pyridine rings is 1. The summed E-state index contributed by atoms with van der Waals surface area (Å²) in [6.45, 7) is 2.08. The van der Waals surface area contributed by atoms with Crippen LogP contribution in [-0.2, 0) is 0 Å². The summed E-state index contributed by atoms with van der Waals surface area (Å²) >= 11 is 0. The van der Waals surface area contributed by atoms with E-state index < -0.39 is 4.92 Å². The lowest BCUT2D eigenvalue weighted by molar-refractivity contribution is -0.384. The van der Waals surface area contributed by atoms with Crippen LogP contribution < -0.4 is 10.6 Å². The lowest BCUT2D eigenvalue weighted by Gasteiger charge is -2.36. The molecule has 0 radical (unpaired) electrons. The predicted octanol–water partition coefficient (Wildman–Crippen LogP) is 1.10. The molecule has 104 valence electrons. The van der Waals surface area contributed by atoms with Crippen LogP contribution in [0.3, 0.4) is 0 Å². The summed E-state index contributed by atoms with van der Waals surface area (Å²) in [5.41, 5.74) is 5.49. The molecule has 1 aromatic rings. The summed E-state index contributed by atoms with van der Waals surface area (Å²) in [5, 5.41) is 10.7. The van der Waals surface area contributed by atoms with E-state index in [0.717, 1.165) is 25.9 Å². The number of anilines is 2. The van der Waals surface area contributed by atoms with E-state index in [1.165, 1.54) is 6.07 Å². The molecule has 2 rings (SSSR count). The highest BCUT2D eigenvalue weighted by molar-refractivity contribution is 5.58. The van der Waals surface area contributed by atoms with E-state index in [2.05, 4.69) is 21.8 Å². The summed E-state index contributed by atoms with van der Waals surface area (Å²) in [4.78, 5) is 18.7. The Hall–Kier alpha value is -1.89. The molecule has 1 saturated heterocycles. The molecule has 0 aromatic carbocycles. The molecule has 1 unspecified atom stereocenters. The van der Waals surface area contributed by atoms with Gasteiger partial charge in [-0.25, -0.2) is 4.98 Å². The number of nitrogens with zero attached hydrogens (tertiary/aromatic N) is 4. The maximum atomic E-state index is 10.7. The minimum atomic E-state index is -0.513. The van der Waals surface area contributed by atoms with E-state index in [-0.39, 0.29) is 11.5 Å². The van der Waals surface area contributed by atoms with Gasteiger partial charge in [0.15, 0.2) is 0 Å². The van der Waals surface area contributed by atoms with Crippen molar-refractivity contribution in [3.63, 3.8) is 0 Å². The van der Waals surface area contributed by atoms with Gasteiger partial charge in [-0.3, -0.25) is 10.1 Å². The van der Waals surface area contributed by atoms with Crippen molar-refractivity contribution < 1.29 is 4.92 Å². The molecular weight excluding hydrogens is 246 g/mol. The van der Waals surface area contributed by atoms with Crippen LogP contribution in [0.5, 0.6) is 0 Å². The average molecular weight is 265 g/mol. The first-order chi connectivity index (χ1) is 8.99. The Morgan fingerprint density at radius 2 is 2.32 bits per heavy atom. The third-order valence-corrected chi connectivity index (χ3v) is 3.59. The van der Waals surface area contributed by atoms with Crippen molar-refractivity contribution in [3.8, 4) is 0 Å². The third kappa shape index (κ3) is 2.93. The van der Waals surface area contributed by atoms with Crippen molar-refractivity contribution in [2.24, 2.45) is 0 Å². The van der Waals surface area contributed by atoms with E-state index in [4.69, 9.17) is 5.73 Å². The van der Waals surface area contributed by atoms with Gasteiger partial charge >= 0.3 is 5.69 Å². The van der Waals surface area contributed by atoms with Gasteiger partial charge in [0, 0.05) is 25.7 Å². The van der Waals surface area contributed by atoms with Crippen molar-refractivity contribution in [2.75, 3.05) is 37.8 Å². The predicted molar refractivity (Wildman–Crippen MR) is 74.2 cm³/mol. The number of rotatable bonds is 3. The number of nitro groups is 1. The van der Waals surface area contributed by atoms with Crippen molar-refractivity contribution >= 4 is 17.3 Å². The van der Waals surface area contributed by atoms with Crippen molar-refractivity contribution in [2.45, 2.75) is 18.9 Å². The highest BCUT2D eigenvalue weighted by Gasteiger charge is 2.23. The molecule has 7 heteroatoms. The Bertz CT molecular complexity index is 479. The fourth-order valence-electron chi connectivity index (χ4n) is 2.45. The number of piperidine rings is 1. The molecule has 1 atom stereocenters. The van der Waals surface area contributed by atoms with Gasteiger partial charge in [0.2, 0.25) is 5.82 Å². The normalized spacial score (nSPS) is 20.2. The minimum absolute atomic E-state index is 0.0292. The molecule has 1 aliphatic heterocycles. The molecule has 1 aliphatic rings. The Balaban J connectivity index is 2.17. The van der Waals surface area contributed by atoms with Crippen LogP contribution >= 0.6 is 0 Å². The molecule has 0 spiro atoms. The summed E-state index contributed by atoms with van der Waals surface area (Å²) in [6.07, 6.45) is 2.24. The van der Waals surface area contributed by atoms with Gasteiger partial charge in [0.1, 0.15) is 5.82 Å². The lowest BCUT2D eigenvalue weighted by atomic mass is 10.1. The fourth-order valence-corrected chi connectivity index (χ4v) is 2.45. The van der Waals surface area contributed by atoms with Crippen LogP contribution in [0.4, 0.5) is 17.3 Å². The molecule has 7 nitrogen and oxygen atoms in total. The maximum absolute atomic E-state index is 10.7. The first-order valence-electron chi connectivity index (χ1n) is 6.31. The van der Waals surface area contributed by atoms with Gasteiger partial charge in [-0.2, -0.15) is 0 Å². The zero-order chi connectivity index (χ0) is 14.0. The van der Waals surface area contributed by atoms with Gasteiger partial charge in [-0.05, 0) is 32.5 Å². The topological polar surface area (TPSA) is 88.5 Å². The number of aromatic nitrogens is 1. The second kappa shape index (κ2) is 5.40. The summed E-state index contributed by atoms with van der Waals surface area (Å²) < 4.78 is 0. The SMILES string of the molecule is CN1CCCC(N(C)c2ccc([N+](=O)[O-])c(N)n2)C1. The smallest absolute Gasteiger partial charge is 0.311 e. The second-order valence-corrected chi connectivity index (χ2v) is 5.00. The van der Waals surface area contributed by atoms with Crippen molar-refractivity contribution in [1.82, 2.24) is 9.88 Å². The molecule has 1 fully saturated rings. The van der Waals surface area contributed by atoms with E-state index in [0.29, 0.717) is 11.9 Å². The van der Waals surface area contributed by atoms with E-state index in [1.807, 2.05) is 7.05 Å². The molecule has 0 aliphatic carbocycles. The highest BCUT2D eigenvalue weighted by atomic mass is 16.6. The van der Waals surface area contributed by atoms with Gasteiger partial charge in [-0.1, -0.05) is 0 Å². The fraction of sp³-hybridized carbons (Fsp3) is 0.583. The summed E-state index contributed by atoms with van der Waals surface area (Å²) in [5.74, 6) is 0.655. The van der Waals surface area contributed by atoms with Gasteiger partial charge in [0.25, 0.3) is 0 Å². The minimum Gasteiger partial charge on any atom is -0.378 e. The van der Waals surface area contributed by atoms with Crippen LogP contribution in [-0.4, -0.2) is 48.0 Å². The third-order valence-electron chi connectivity index (χ3n) is 3.59. The van der Waals surface area contributed by atoms with Crippen molar-refractivity contribution in [3.05, 3.63) is 22.2 Å². The quantitative estimate of drug-likeness (QED) is 0.650. The van der Waals surface area contributed by atoms with E-state index in [1.54, 1.807) is 6.07 Å². The summed E-state index contributed by atoms with van der Waals surface area (Å²) in [6, 6.07) is 3.44. The number of nitrogen functional groups attached to an aromatic ring is 1. The number of hydrogen-bond donors (Lipinski definition) is 1. The Morgan fingerprint density at radius 3 is 2.89 bits per heavy atom. The maximum Gasteiger partial charge on any atom is 0.311 e. The van der Waals surface area contributed by atoms with Crippen LogP contribution in [0.15, 0.2) is 12.1 Å². The van der Waals surface area contributed by atoms with Crippen molar-refractivity contribution in [1.29, 1.82) is 0 Å². The van der Waals surface area contributed by atoms with Gasteiger partial charge in [0.05, 0.1) is 4.92 Å². The first kappa shape index (κ1) is 13.5. The largest absolute Gasteiger partial charge is 0.378 e. The average Bonchev–Trinajstić information content (AvgIpc) is 2.37. The highest BCUT2D eigenvalue weighted by Crippen LogP contribution is 2.25. The Morgan fingerprint density at radius 1 is 1.58 bits per heavy atom. The molecule has 0 saturated carbocycles. The van der Waals surface area contributed by atoms with Crippen LogP contribution in [0.1, 0.15) is 12.8 Å². The standard InChI is InChI=1S/C12H19N5O2/c1-15-7-3-4-9(8-15)16(2)11-6-5-10(17(18)19)12(13)14-11/h5-6,9H,3-4,7-8H2,1-2H3,(H2,13,14). The number of hydrogen-bond acceptors (Lipinski definition) is 6. The molecule has 19 heavy (non-hydrogen) atoms. The molecule has 0 amide bonds. The molecule has 2 N–H and O–H groups in total. The second-order valence-electron chi connectivity index (χ2n) is 5.00. The van der Waals surface area contributed by atoms with Crippen LogP contribution in [0, 0.1) is 10.1 Å². The zero-order valence-corrected chi connectivity index (χ0v) is 11.2. The van der Waals surface area contributed by atoms with Gasteiger partial charge < -0.3 is 15.5 Å². The number of likely N-dealkylation sites (tertiary alicyclic amines) is 1. The molecular formula is C12H19N5O2. The van der Waals surface area contributed by atoms with E-state index in [9.17, 15) is 10.1 Å². The van der Waals surface area contributed by atoms with Crippen LogP contribution in [0.25, 0.3) is 0 Å². The van der Waals surface area contributed by atoms with Gasteiger partial charge in [-0.15, -0.1) is 0 Å². The zero-order valence-electron chi connectivity index (χ0n) is 11.2. The number of likely N-dealkylation sites (N-methyl/N-ethyl adjacent to an activating group) is 2. The molecule has 0 bridgehead atoms. The summed E-state index contributed by atoms with van der Waals surface area (Å²) in [7, 11) is 4.05. The lowest BCUT2D eigenvalue weighted by Crippen LogP contribution is -2.45. The number of nitrogens with two attached hydrogens (primary N) is 1.